The molecule has 1 N–H and O–H groups in total. The standard InChI is InChI=1S/C32H32N2O5/c1-18(2)23-16-24(19(3)15-27(23)39-6)30(35)28-29(25-17-33(4)26-10-8-7-9-22(25)26)34(32(37)31(28)36)20-11-13-21(38-5)14-12-20/h7-18,29,35H,1-6H3/b30-28+. The maximum Gasteiger partial charge on any atom is 0.300 e. The largest absolute Gasteiger partial charge is 0.507 e. The van der Waals surface area contributed by atoms with E-state index in [0.717, 1.165) is 27.6 Å². The van der Waals surface area contributed by atoms with Gasteiger partial charge in [0.25, 0.3) is 11.7 Å². The highest BCUT2D eigenvalue weighted by Gasteiger charge is 2.48. The molecule has 5 rings (SSSR count). The number of para-hydroxylation sites is 1. The number of carbonyl (C=O) groups excluding carboxylic acids is 2. The molecule has 4 aromatic rings. The van der Waals surface area contributed by atoms with Crippen LogP contribution in [0.4, 0.5) is 5.69 Å². The molecule has 1 atom stereocenters. The van der Waals surface area contributed by atoms with Crippen molar-refractivity contribution in [2.75, 3.05) is 19.1 Å². The summed E-state index contributed by atoms with van der Waals surface area (Å²) in [5.74, 6) is -0.181. The first-order valence-corrected chi connectivity index (χ1v) is 12.9. The van der Waals surface area contributed by atoms with Crippen molar-refractivity contribution in [3.63, 3.8) is 0 Å². The van der Waals surface area contributed by atoms with Gasteiger partial charge in [-0.2, -0.15) is 0 Å². The Kier molecular flexibility index (Phi) is 6.68. The van der Waals surface area contributed by atoms with Crippen LogP contribution in [-0.2, 0) is 16.6 Å². The van der Waals surface area contributed by atoms with Crippen LogP contribution in [0.2, 0.25) is 0 Å². The molecule has 39 heavy (non-hydrogen) atoms. The average Bonchev–Trinajstić information content (AvgIpc) is 3.40. The molecule has 3 aromatic carbocycles. The van der Waals surface area contributed by atoms with Crippen LogP contribution in [0.15, 0.2) is 72.4 Å². The fourth-order valence-electron chi connectivity index (χ4n) is 5.45. The number of aliphatic hydroxyl groups is 1. The molecule has 200 valence electrons. The third-order valence-electron chi connectivity index (χ3n) is 7.47. The van der Waals surface area contributed by atoms with Gasteiger partial charge in [0, 0.05) is 41.0 Å². The molecule has 1 aliphatic heterocycles. The minimum atomic E-state index is -0.839. The van der Waals surface area contributed by atoms with Crippen LogP contribution in [-0.4, -0.2) is 35.6 Å². The second-order valence-electron chi connectivity index (χ2n) is 10.1. The summed E-state index contributed by atoms with van der Waals surface area (Å²) >= 11 is 0. The van der Waals surface area contributed by atoms with Gasteiger partial charge in [0.15, 0.2) is 0 Å². The minimum absolute atomic E-state index is 0.0511. The molecular formula is C32H32N2O5. The van der Waals surface area contributed by atoms with Crippen LogP contribution in [0.5, 0.6) is 11.5 Å². The van der Waals surface area contributed by atoms with Crippen molar-refractivity contribution in [3.05, 3.63) is 94.7 Å². The number of ketones is 1. The smallest absolute Gasteiger partial charge is 0.300 e. The molecule has 0 bridgehead atoms. The summed E-state index contributed by atoms with van der Waals surface area (Å²) < 4.78 is 12.8. The Hall–Kier alpha value is -4.52. The Bertz CT molecular complexity index is 1630. The number of carbonyl (C=O) groups is 2. The molecule has 0 saturated carbocycles. The van der Waals surface area contributed by atoms with Gasteiger partial charge < -0.3 is 19.1 Å². The zero-order valence-electron chi connectivity index (χ0n) is 23.0. The normalized spacial score (nSPS) is 16.9. The first-order chi connectivity index (χ1) is 18.7. The molecule has 1 saturated heterocycles. The summed E-state index contributed by atoms with van der Waals surface area (Å²) in [5, 5.41) is 12.7. The van der Waals surface area contributed by atoms with Gasteiger partial charge in [-0.3, -0.25) is 14.5 Å². The number of Topliss-reactive ketones (excluding diaryl/α,β-unsaturated/α-hetero) is 1. The van der Waals surface area contributed by atoms with Crippen molar-refractivity contribution < 1.29 is 24.2 Å². The zero-order chi connectivity index (χ0) is 28.0. The highest BCUT2D eigenvalue weighted by molar-refractivity contribution is 6.52. The highest BCUT2D eigenvalue weighted by atomic mass is 16.5. The lowest BCUT2D eigenvalue weighted by Crippen LogP contribution is -2.29. The number of anilines is 1. The van der Waals surface area contributed by atoms with E-state index in [4.69, 9.17) is 9.47 Å². The van der Waals surface area contributed by atoms with Gasteiger partial charge in [-0.1, -0.05) is 32.0 Å². The molecule has 1 fully saturated rings. The number of methoxy groups -OCH3 is 2. The molecule has 7 nitrogen and oxygen atoms in total. The summed E-state index contributed by atoms with van der Waals surface area (Å²) in [4.78, 5) is 28.9. The lowest BCUT2D eigenvalue weighted by molar-refractivity contribution is -0.132. The Labute approximate surface area is 227 Å². The van der Waals surface area contributed by atoms with E-state index in [2.05, 4.69) is 0 Å². The number of fused-ring (bicyclic) bond motifs is 1. The Morgan fingerprint density at radius 1 is 0.974 bits per heavy atom. The maximum atomic E-state index is 13.7. The summed E-state index contributed by atoms with van der Waals surface area (Å²) in [6.07, 6.45) is 1.92. The van der Waals surface area contributed by atoms with E-state index in [1.54, 1.807) is 38.5 Å². The quantitative estimate of drug-likeness (QED) is 0.183. The van der Waals surface area contributed by atoms with Crippen LogP contribution in [0.25, 0.3) is 16.7 Å². The van der Waals surface area contributed by atoms with E-state index in [1.165, 1.54) is 4.90 Å². The number of ether oxygens (including phenoxy) is 2. The van der Waals surface area contributed by atoms with E-state index in [-0.39, 0.29) is 17.3 Å². The van der Waals surface area contributed by atoms with E-state index in [9.17, 15) is 14.7 Å². The van der Waals surface area contributed by atoms with Crippen molar-refractivity contribution in [3.8, 4) is 11.5 Å². The predicted octanol–water partition coefficient (Wildman–Crippen LogP) is 6.25. The lowest BCUT2D eigenvalue weighted by Gasteiger charge is -2.25. The molecule has 7 heteroatoms. The van der Waals surface area contributed by atoms with Crippen molar-refractivity contribution in [2.24, 2.45) is 7.05 Å². The van der Waals surface area contributed by atoms with Crippen molar-refractivity contribution in [1.29, 1.82) is 0 Å². The van der Waals surface area contributed by atoms with Gasteiger partial charge >= 0.3 is 0 Å². The number of amides is 1. The van der Waals surface area contributed by atoms with E-state index in [1.807, 2.05) is 75.0 Å². The summed E-state index contributed by atoms with van der Waals surface area (Å²) in [5.41, 5.74) is 4.42. The van der Waals surface area contributed by atoms with Crippen LogP contribution in [0.3, 0.4) is 0 Å². The fraction of sp³-hybridized carbons (Fsp3) is 0.250. The molecule has 0 spiro atoms. The monoisotopic (exact) mass is 524 g/mol. The number of aryl methyl sites for hydroxylation is 2. The Morgan fingerprint density at radius 3 is 2.31 bits per heavy atom. The van der Waals surface area contributed by atoms with Crippen molar-refractivity contribution in [1.82, 2.24) is 4.57 Å². The Balaban J connectivity index is 1.80. The first kappa shape index (κ1) is 26.1. The number of hydrogen-bond acceptors (Lipinski definition) is 5. The third-order valence-corrected chi connectivity index (χ3v) is 7.47. The predicted molar refractivity (Wildman–Crippen MR) is 153 cm³/mol. The average molecular weight is 525 g/mol. The third kappa shape index (κ3) is 4.24. The second kappa shape index (κ2) is 9.98. The van der Waals surface area contributed by atoms with Crippen LogP contribution < -0.4 is 14.4 Å². The van der Waals surface area contributed by atoms with E-state index < -0.39 is 17.7 Å². The van der Waals surface area contributed by atoms with Gasteiger partial charge in [-0.25, -0.2) is 0 Å². The van der Waals surface area contributed by atoms with E-state index >= 15 is 0 Å². The second-order valence-corrected chi connectivity index (χ2v) is 10.1. The van der Waals surface area contributed by atoms with Crippen molar-refractivity contribution in [2.45, 2.75) is 32.7 Å². The van der Waals surface area contributed by atoms with Crippen LogP contribution in [0.1, 0.15) is 48.1 Å². The van der Waals surface area contributed by atoms with Gasteiger partial charge in [0.1, 0.15) is 17.3 Å². The topological polar surface area (TPSA) is 81.0 Å². The lowest BCUT2D eigenvalue weighted by atomic mass is 9.91. The summed E-state index contributed by atoms with van der Waals surface area (Å²) in [7, 11) is 5.11. The molecule has 1 unspecified atom stereocenters. The van der Waals surface area contributed by atoms with Gasteiger partial charge in [0.05, 0.1) is 25.8 Å². The molecule has 0 aliphatic carbocycles. The molecular weight excluding hydrogens is 492 g/mol. The van der Waals surface area contributed by atoms with Crippen molar-refractivity contribution >= 4 is 34.0 Å². The zero-order valence-corrected chi connectivity index (χ0v) is 23.0. The first-order valence-electron chi connectivity index (χ1n) is 12.9. The molecule has 0 radical (unpaired) electrons. The van der Waals surface area contributed by atoms with Crippen LogP contribution >= 0.6 is 0 Å². The van der Waals surface area contributed by atoms with Gasteiger partial charge in [-0.15, -0.1) is 0 Å². The van der Waals surface area contributed by atoms with Gasteiger partial charge in [0.2, 0.25) is 0 Å². The maximum absolute atomic E-state index is 13.7. The molecule has 2 heterocycles. The number of aromatic nitrogens is 1. The number of benzene rings is 3. The summed E-state index contributed by atoms with van der Waals surface area (Å²) in [6, 6.07) is 17.7. The molecule has 1 aliphatic rings. The minimum Gasteiger partial charge on any atom is -0.507 e. The number of hydrogen-bond donors (Lipinski definition) is 1. The molecule has 1 aromatic heterocycles. The fourth-order valence-corrected chi connectivity index (χ4v) is 5.45. The number of aliphatic hydroxyl groups excluding tert-OH is 1. The number of nitrogens with zero attached hydrogens (tertiary/aromatic N) is 2. The highest BCUT2D eigenvalue weighted by Crippen LogP contribution is 2.45. The van der Waals surface area contributed by atoms with Gasteiger partial charge in [-0.05, 0) is 66.4 Å². The molecule has 1 amide bonds. The number of rotatable bonds is 6. The van der Waals surface area contributed by atoms with E-state index in [0.29, 0.717) is 22.7 Å². The Morgan fingerprint density at radius 2 is 1.67 bits per heavy atom. The summed E-state index contributed by atoms with van der Waals surface area (Å²) in [6.45, 7) is 5.93. The van der Waals surface area contributed by atoms with Crippen LogP contribution in [0, 0.1) is 6.92 Å². The SMILES string of the molecule is COc1ccc(N2C(=O)C(=O)/C(=C(/O)c3cc(C(C)C)c(OC)cc3C)C2c2cn(C)c3ccccc23)cc1.